The Morgan fingerprint density at radius 2 is 1.82 bits per heavy atom. The first-order valence-electron chi connectivity index (χ1n) is 10.8. The fourth-order valence-corrected chi connectivity index (χ4v) is 3.78. The van der Waals surface area contributed by atoms with Gasteiger partial charge in [-0.3, -0.25) is 10.0 Å². The van der Waals surface area contributed by atoms with Crippen LogP contribution in [-0.4, -0.2) is 52.9 Å². The number of carbonyl (C=O) groups excluding carboxylic acids is 1. The van der Waals surface area contributed by atoms with E-state index in [2.05, 4.69) is 30.1 Å². The van der Waals surface area contributed by atoms with Gasteiger partial charge in [-0.05, 0) is 43.3 Å². The second kappa shape index (κ2) is 10.7. The van der Waals surface area contributed by atoms with Gasteiger partial charge in [-0.25, -0.2) is 22.0 Å². The Balaban J connectivity index is 1.80. The van der Waals surface area contributed by atoms with E-state index in [0.29, 0.717) is 6.07 Å². The number of nitrogens with one attached hydrogen (secondary N) is 2. The number of sulfonamides is 1. The summed E-state index contributed by atoms with van der Waals surface area (Å²) in [6.07, 6.45) is -5.10. The molecule has 4 rings (SSSR count). The zero-order valence-electron chi connectivity index (χ0n) is 19.7. The molecular formula is C22H17F5N6O5S. The minimum absolute atomic E-state index is 0.0384. The first-order chi connectivity index (χ1) is 18.3. The lowest BCUT2D eigenvalue weighted by molar-refractivity contribution is -0.159. The molecule has 1 amide bonds. The van der Waals surface area contributed by atoms with Crippen LogP contribution < -0.4 is 14.8 Å². The maximum Gasteiger partial charge on any atom is 0.422 e. The van der Waals surface area contributed by atoms with Crippen LogP contribution in [0.5, 0.6) is 11.5 Å². The van der Waals surface area contributed by atoms with Gasteiger partial charge in [0, 0.05) is 17.3 Å². The molecule has 2 aromatic carbocycles. The molecule has 206 valence electrons. The molecule has 11 nitrogen and oxygen atoms in total. The highest BCUT2D eigenvalue weighted by Crippen LogP contribution is 2.37. The van der Waals surface area contributed by atoms with Gasteiger partial charge < -0.3 is 9.47 Å². The Bertz CT molecular complexity index is 1640. The Labute approximate surface area is 216 Å². The van der Waals surface area contributed by atoms with Crippen molar-refractivity contribution >= 4 is 33.1 Å². The van der Waals surface area contributed by atoms with Crippen molar-refractivity contribution in [2.75, 3.05) is 22.4 Å². The van der Waals surface area contributed by atoms with Crippen LogP contribution in [0, 0.1) is 11.6 Å². The molecule has 0 saturated heterocycles. The number of amides is 1. The van der Waals surface area contributed by atoms with E-state index in [-0.39, 0.29) is 45.5 Å². The summed E-state index contributed by atoms with van der Waals surface area (Å²) in [6.45, 7) is -0.435. The van der Waals surface area contributed by atoms with Crippen LogP contribution in [0.3, 0.4) is 0 Å². The molecule has 0 aliphatic rings. The lowest BCUT2D eigenvalue weighted by Crippen LogP contribution is -2.23. The second-order valence-electron chi connectivity index (χ2n) is 7.75. The second-order valence-corrected chi connectivity index (χ2v) is 9.76. The minimum atomic E-state index is -4.76. The molecular weight excluding hydrogens is 555 g/mol. The first-order valence-corrected chi connectivity index (χ1v) is 12.5. The standard InChI is InChI=1S/C22H17F5N6O5S/c1-2-39(35,36)32-13-4-6-18(38-19-5-3-12(23)7-15(19)24)14(8-13)16-9-17(20-30-28-11-33(20)31-16)29-21(34)37-10-22(25,26)27/h3-9,11,32H,2,10H2,1H3,(H,29,34). The topological polar surface area (TPSA) is 137 Å². The molecule has 0 bridgehead atoms. The van der Waals surface area contributed by atoms with Gasteiger partial charge >= 0.3 is 12.3 Å². The number of carbonyl (C=O) groups is 1. The summed E-state index contributed by atoms with van der Waals surface area (Å²) < 4.78 is 102. The van der Waals surface area contributed by atoms with Gasteiger partial charge in [0.25, 0.3) is 0 Å². The molecule has 0 unspecified atom stereocenters. The van der Waals surface area contributed by atoms with Crippen molar-refractivity contribution in [3.8, 4) is 22.8 Å². The summed E-state index contributed by atoms with van der Waals surface area (Å²) in [5.74, 6) is -2.59. The van der Waals surface area contributed by atoms with Gasteiger partial charge in [0.2, 0.25) is 15.7 Å². The quantitative estimate of drug-likeness (QED) is 0.289. The fourth-order valence-electron chi connectivity index (χ4n) is 3.15. The van der Waals surface area contributed by atoms with Gasteiger partial charge in [0.1, 0.15) is 17.9 Å². The van der Waals surface area contributed by atoms with Crippen molar-refractivity contribution in [2.24, 2.45) is 0 Å². The van der Waals surface area contributed by atoms with E-state index in [0.717, 1.165) is 23.0 Å². The van der Waals surface area contributed by atoms with Gasteiger partial charge in [-0.15, -0.1) is 10.2 Å². The van der Waals surface area contributed by atoms with Crippen molar-refractivity contribution in [1.29, 1.82) is 0 Å². The van der Waals surface area contributed by atoms with E-state index >= 15 is 0 Å². The number of benzene rings is 2. The maximum atomic E-state index is 14.3. The van der Waals surface area contributed by atoms with E-state index in [1.165, 1.54) is 31.2 Å². The Morgan fingerprint density at radius 3 is 2.51 bits per heavy atom. The highest BCUT2D eigenvalue weighted by atomic mass is 32.2. The number of hydrogen-bond acceptors (Lipinski definition) is 8. The molecule has 0 saturated carbocycles. The largest absolute Gasteiger partial charge is 0.454 e. The molecule has 17 heteroatoms. The van der Waals surface area contributed by atoms with Crippen molar-refractivity contribution in [3.63, 3.8) is 0 Å². The van der Waals surface area contributed by atoms with Crippen molar-refractivity contribution in [3.05, 3.63) is 60.4 Å². The minimum Gasteiger partial charge on any atom is -0.454 e. The third-order valence-electron chi connectivity index (χ3n) is 4.89. The van der Waals surface area contributed by atoms with Crippen LogP contribution in [0.4, 0.5) is 38.1 Å². The number of ether oxygens (including phenoxy) is 2. The fraction of sp³-hybridized carbons (Fsp3) is 0.182. The number of alkyl halides is 3. The van der Waals surface area contributed by atoms with E-state index in [1.807, 2.05) is 0 Å². The van der Waals surface area contributed by atoms with E-state index < -0.39 is 40.5 Å². The molecule has 2 heterocycles. The molecule has 2 N–H and O–H groups in total. The molecule has 0 spiro atoms. The maximum absolute atomic E-state index is 14.3. The third-order valence-corrected chi connectivity index (χ3v) is 6.20. The number of aromatic nitrogens is 4. The van der Waals surface area contributed by atoms with Crippen LogP contribution >= 0.6 is 0 Å². The molecule has 0 radical (unpaired) electrons. The van der Waals surface area contributed by atoms with E-state index in [9.17, 15) is 35.2 Å². The third kappa shape index (κ3) is 6.86. The smallest absolute Gasteiger partial charge is 0.422 e. The van der Waals surface area contributed by atoms with Crippen LogP contribution in [0.15, 0.2) is 48.8 Å². The summed E-state index contributed by atoms with van der Waals surface area (Å²) >= 11 is 0. The molecule has 4 aromatic rings. The number of nitrogens with zero attached hydrogens (tertiary/aromatic N) is 4. The molecule has 39 heavy (non-hydrogen) atoms. The summed E-state index contributed by atoms with van der Waals surface area (Å²) in [7, 11) is -3.73. The predicted molar refractivity (Wildman–Crippen MR) is 127 cm³/mol. The van der Waals surface area contributed by atoms with Crippen molar-refractivity contribution in [1.82, 2.24) is 19.8 Å². The van der Waals surface area contributed by atoms with Crippen LogP contribution in [0.25, 0.3) is 16.9 Å². The Hall–Kier alpha value is -4.54. The molecule has 0 fully saturated rings. The molecule has 0 aliphatic carbocycles. The first kappa shape index (κ1) is 27.5. The molecule has 0 atom stereocenters. The van der Waals surface area contributed by atoms with Crippen molar-refractivity contribution in [2.45, 2.75) is 13.1 Å². The Morgan fingerprint density at radius 1 is 1.08 bits per heavy atom. The zero-order valence-corrected chi connectivity index (χ0v) is 20.5. The Kier molecular flexibility index (Phi) is 7.53. The van der Waals surface area contributed by atoms with Gasteiger partial charge in [-0.1, -0.05) is 0 Å². The van der Waals surface area contributed by atoms with Crippen molar-refractivity contribution < 1.29 is 44.6 Å². The summed E-state index contributed by atoms with van der Waals surface area (Å²) in [6, 6.07) is 7.65. The number of rotatable bonds is 8. The van der Waals surface area contributed by atoms with Crippen LogP contribution in [0.1, 0.15) is 6.92 Å². The summed E-state index contributed by atoms with van der Waals surface area (Å²) in [4.78, 5) is 12.0. The molecule has 2 aromatic heterocycles. The number of hydrogen-bond donors (Lipinski definition) is 2. The number of anilines is 2. The predicted octanol–water partition coefficient (Wildman–Crippen LogP) is 4.73. The SMILES string of the molecule is CCS(=O)(=O)Nc1ccc(Oc2ccc(F)cc2F)c(-c2cc(NC(=O)OCC(F)(F)F)c3nncn3n2)c1. The van der Waals surface area contributed by atoms with Gasteiger partial charge in [0.05, 0.1) is 17.1 Å². The number of halogens is 5. The summed E-state index contributed by atoms with van der Waals surface area (Å²) in [5, 5.41) is 13.8. The summed E-state index contributed by atoms with van der Waals surface area (Å²) in [5.41, 5.74) is -0.190. The van der Waals surface area contributed by atoms with Crippen LogP contribution in [0.2, 0.25) is 0 Å². The highest BCUT2D eigenvalue weighted by Gasteiger charge is 2.30. The van der Waals surface area contributed by atoms with Gasteiger partial charge in [0.15, 0.2) is 18.2 Å². The van der Waals surface area contributed by atoms with E-state index in [4.69, 9.17) is 4.74 Å². The number of fused-ring (bicyclic) bond motifs is 1. The average Bonchev–Trinajstić information content (AvgIpc) is 3.34. The zero-order chi connectivity index (χ0) is 28.4. The highest BCUT2D eigenvalue weighted by molar-refractivity contribution is 7.92. The lowest BCUT2D eigenvalue weighted by atomic mass is 10.1. The normalized spacial score (nSPS) is 11.8. The molecule has 0 aliphatic heterocycles. The van der Waals surface area contributed by atoms with Crippen LogP contribution in [-0.2, 0) is 14.8 Å². The van der Waals surface area contributed by atoms with Gasteiger partial charge in [-0.2, -0.15) is 22.8 Å². The monoisotopic (exact) mass is 572 g/mol. The lowest BCUT2D eigenvalue weighted by Gasteiger charge is -2.15. The average molecular weight is 572 g/mol. The van der Waals surface area contributed by atoms with E-state index in [1.54, 1.807) is 0 Å².